The molecule has 1 aliphatic heterocycles. The Morgan fingerprint density at radius 2 is 1.39 bits per heavy atom. The van der Waals surface area contributed by atoms with E-state index in [9.17, 15) is 9.59 Å². The van der Waals surface area contributed by atoms with Gasteiger partial charge in [-0.2, -0.15) is 0 Å². The van der Waals surface area contributed by atoms with Gasteiger partial charge in [-0.3, -0.25) is 9.59 Å². The lowest BCUT2D eigenvalue weighted by Gasteiger charge is -2.37. The molecule has 0 unspecified atom stereocenters. The maximum Gasteiger partial charge on any atom is 0.311 e. The summed E-state index contributed by atoms with van der Waals surface area (Å²) in [6.45, 7) is 12.2. The molecule has 28 heavy (non-hydrogen) atoms. The summed E-state index contributed by atoms with van der Waals surface area (Å²) in [6.07, 6.45) is 10.2. The van der Waals surface area contributed by atoms with E-state index in [2.05, 4.69) is 37.4 Å². The molecule has 0 radical (unpaired) electrons. The molecule has 5 heteroatoms. The van der Waals surface area contributed by atoms with Crippen molar-refractivity contribution in [3.8, 4) is 0 Å². The highest BCUT2D eigenvalue weighted by atomic mass is 32.2. The van der Waals surface area contributed by atoms with Gasteiger partial charge in [0, 0.05) is 5.41 Å². The first-order valence-electron chi connectivity index (χ1n) is 11.0. The van der Waals surface area contributed by atoms with E-state index in [0.717, 1.165) is 25.7 Å². The summed E-state index contributed by atoms with van der Waals surface area (Å²) in [5.74, 6) is 2.76. The van der Waals surface area contributed by atoms with Crippen molar-refractivity contribution in [3.05, 3.63) is 0 Å². The van der Waals surface area contributed by atoms with E-state index in [1.165, 1.54) is 43.6 Å². The van der Waals surface area contributed by atoms with Crippen molar-refractivity contribution in [2.45, 2.75) is 103 Å². The summed E-state index contributed by atoms with van der Waals surface area (Å²) >= 11 is 4.30. The molecule has 164 valence electrons. The molecule has 0 aromatic carbocycles. The number of rotatable bonds is 13. The molecule has 0 N–H and O–H groups in total. The Bertz CT molecular complexity index is 494. The zero-order chi connectivity index (χ0) is 21.3. The summed E-state index contributed by atoms with van der Waals surface area (Å²) in [5.41, 5.74) is -0.563. The van der Waals surface area contributed by atoms with Crippen LogP contribution in [0.15, 0.2) is 0 Å². The topological polar surface area (TPSA) is 43.4 Å². The lowest BCUT2D eigenvalue weighted by Crippen LogP contribution is -2.28. The zero-order valence-electron chi connectivity index (χ0n) is 19.0. The minimum atomic E-state index is -0.381. The predicted molar refractivity (Wildman–Crippen MR) is 124 cm³/mol. The van der Waals surface area contributed by atoms with Crippen molar-refractivity contribution in [1.82, 2.24) is 0 Å². The second-order valence-electron chi connectivity index (χ2n) is 9.42. The second-order valence-corrected chi connectivity index (χ2v) is 12.6. The Balaban J connectivity index is 2.45. The van der Waals surface area contributed by atoms with Crippen molar-refractivity contribution in [2.75, 3.05) is 18.1 Å². The first kappa shape index (κ1) is 25.9. The molecule has 1 fully saturated rings. The third-order valence-corrected chi connectivity index (χ3v) is 9.58. The molecule has 1 saturated heterocycles. The van der Waals surface area contributed by atoms with Crippen LogP contribution < -0.4 is 0 Å². The van der Waals surface area contributed by atoms with Crippen LogP contribution in [-0.4, -0.2) is 33.9 Å². The van der Waals surface area contributed by atoms with E-state index < -0.39 is 0 Å². The minimum absolute atomic E-state index is 0.0702. The molecule has 0 spiro atoms. The Hall–Kier alpha value is -0.160. The van der Waals surface area contributed by atoms with E-state index in [4.69, 9.17) is 4.74 Å². The van der Waals surface area contributed by atoms with Crippen LogP contribution in [0.25, 0.3) is 0 Å². The normalized spacial score (nSPS) is 17.4. The van der Waals surface area contributed by atoms with Gasteiger partial charge in [0.25, 0.3) is 0 Å². The Morgan fingerprint density at radius 3 is 1.86 bits per heavy atom. The highest BCUT2D eigenvalue weighted by Gasteiger charge is 2.34. The van der Waals surface area contributed by atoms with Gasteiger partial charge in [-0.05, 0) is 71.3 Å². The minimum Gasteiger partial charge on any atom is -0.466 e. The quantitative estimate of drug-likeness (QED) is 0.235. The molecule has 0 amide bonds. The summed E-state index contributed by atoms with van der Waals surface area (Å²) in [6, 6.07) is 0. The van der Waals surface area contributed by atoms with E-state index >= 15 is 0 Å². The van der Waals surface area contributed by atoms with Crippen LogP contribution in [-0.2, 0) is 14.3 Å². The van der Waals surface area contributed by atoms with Gasteiger partial charge in [0.1, 0.15) is 5.78 Å². The number of ketones is 1. The number of ether oxygens (including phenoxy) is 1. The first-order valence-corrected chi connectivity index (χ1v) is 13.0. The van der Waals surface area contributed by atoms with Crippen molar-refractivity contribution in [2.24, 2.45) is 10.8 Å². The van der Waals surface area contributed by atoms with Crippen LogP contribution in [0.5, 0.6) is 0 Å². The maximum absolute atomic E-state index is 12.1. The van der Waals surface area contributed by atoms with Gasteiger partial charge >= 0.3 is 5.97 Å². The summed E-state index contributed by atoms with van der Waals surface area (Å²) < 4.78 is 5.55. The standard InChI is InChI=1S/C23H42O3S2/c1-7-26-20(25)22(5,6)14-9-11-16-23(27-17-12-18-28-23)15-10-8-13-21(3,4)19(2)24/h7-18H2,1-6H3. The molecule has 1 heterocycles. The molecule has 0 aliphatic carbocycles. The van der Waals surface area contributed by atoms with Crippen LogP contribution in [0.1, 0.15) is 99.3 Å². The highest BCUT2D eigenvalue weighted by Crippen LogP contribution is 2.49. The third kappa shape index (κ3) is 8.69. The number of unbranched alkanes of at least 4 members (excludes halogenated alkanes) is 2. The van der Waals surface area contributed by atoms with Crippen molar-refractivity contribution >= 4 is 35.3 Å². The molecule has 3 nitrogen and oxygen atoms in total. The number of hydrogen-bond donors (Lipinski definition) is 0. The lowest BCUT2D eigenvalue weighted by atomic mass is 9.83. The molecule has 0 saturated carbocycles. The van der Waals surface area contributed by atoms with Gasteiger partial charge < -0.3 is 4.74 Å². The molecular formula is C23H42O3S2. The SMILES string of the molecule is CCOC(=O)C(C)(C)CCCCC1(CCCCC(C)(C)C(C)=O)SCCCS1. The van der Waals surface area contributed by atoms with Gasteiger partial charge in [0.2, 0.25) is 0 Å². The van der Waals surface area contributed by atoms with Crippen LogP contribution >= 0.6 is 23.5 Å². The van der Waals surface area contributed by atoms with Crippen molar-refractivity contribution in [1.29, 1.82) is 0 Å². The largest absolute Gasteiger partial charge is 0.466 e. The summed E-state index contributed by atoms with van der Waals surface area (Å²) in [4.78, 5) is 23.8. The zero-order valence-corrected chi connectivity index (χ0v) is 20.7. The van der Waals surface area contributed by atoms with Crippen molar-refractivity contribution in [3.63, 3.8) is 0 Å². The van der Waals surface area contributed by atoms with Crippen LogP contribution in [0, 0.1) is 10.8 Å². The second kappa shape index (κ2) is 11.9. The van der Waals surface area contributed by atoms with Crippen molar-refractivity contribution < 1.29 is 14.3 Å². The van der Waals surface area contributed by atoms with Crippen LogP contribution in [0.4, 0.5) is 0 Å². The van der Waals surface area contributed by atoms with Crippen LogP contribution in [0.2, 0.25) is 0 Å². The molecule has 0 bridgehead atoms. The number of hydrogen-bond acceptors (Lipinski definition) is 5. The van der Waals surface area contributed by atoms with E-state index in [-0.39, 0.29) is 16.8 Å². The summed E-state index contributed by atoms with van der Waals surface area (Å²) in [7, 11) is 0. The fourth-order valence-electron chi connectivity index (χ4n) is 3.56. The number of carbonyl (C=O) groups excluding carboxylic acids is 2. The average molecular weight is 431 g/mol. The number of esters is 1. The highest BCUT2D eigenvalue weighted by molar-refractivity contribution is 8.18. The fraction of sp³-hybridized carbons (Fsp3) is 0.913. The molecule has 0 aromatic rings. The van der Waals surface area contributed by atoms with Gasteiger partial charge in [-0.1, -0.05) is 39.5 Å². The maximum atomic E-state index is 12.1. The number of thioether (sulfide) groups is 2. The van der Waals surface area contributed by atoms with Gasteiger partial charge in [0.05, 0.1) is 16.1 Å². The molecule has 1 aliphatic rings. The van der Waals surface area contributed by atoms with E-state index in [1.807, 2.05) is 20.8 Å². The van der Waals surface area contributed by atoms with E-state index in [0.29, 0.717) is 16.5 Å². The van der Waals surface area contributed by atoms with Crippen LogP contribution in [0.3, 0.4) is 0 Å². The Labute approximate surface area is 181 Å². The fourth-order valence-corrected chi connectivity index (χ4v) is 7.05. The number of Topliss-reactive ketones (excluding diaryl/α,β-unsaturated/α-hetero) is 1. The summed E-state index contributed by atoms with van der Waals surface area (Å²) in [5, 5.41) is 0. The molecule has 0 aromatic heterocycles. The molecule has 1 rings (SSSR count). The third-order valence-electron chi connectivity index (χ3n) is 6.02. The van der Waals surface area contributed by atoms with Gasteiger partial charge in [-0.15, -0.1) is 23.5 Å². The predicted octanol–water partition coefficient (Wildman–Crippen LogP) is 6.88. The Morgan fingerprint density at radius 1 is 0.893 bits per heavy atom. The average Bonchev–Trinajstić information content (AvgIpc) is 2.63. The van der Waals surface area contributed by atoms with E-state index in [1.54, 1.807) is 6.92 Å². The Kier molecular flexibility index (Phi) is 11.0. The van der Waals surface area contributed by atoms with Gasteiger partial charge in [-0.25, -0.2) is 0 Å². The first-order chi connectivity index (χ1) is 13.0. The molecular weight excluding hydrogens is 388 g/mol. The lowest BCUT2D eigenvalue weighted by molar-refractivity contribution is -0.153. The number of carbonyl (C=O) groups is 2. The smallest absolute Gasteiger partial charge is 0.311 e. The monoisotopic (exact) mass is 430 g/mol. The van der Waals surface area contributed by atoms with Gasteiger partial charge in [0.15, 0.2) is 0 Å². The molecule has 0 atom stereocenters.